The number of aromatic nitrogens is 1. The van der Waals surface area contributed by atoms with E-state index in [2.05, 4.69) is 5.16 Å². The maximum Gasteiger partial charge on any atom is 0.232 e. The normalized spacial score (nSPS) is 26.7. The van der Waals surface area contributed by atoms with E-state index < -0.39 is 5.41 Å². The van der Waals surface area contributed by atoms with E-state index in [-0.39, 0.29) is 11.9 Å². The molecule has 2 rings (SSSR count). The molecule has 106 valence electrons. The maximum atomic E-state index is 12.5. The Balaban J connectivity index is 2.12. The summed E-state index contributed by atoms with van der Waals surface area (Å²) in [6.45, 7) is 6.86. The van der Waals surface area contributed by atoms with Gasteiger partial charge in [0, 0.05) is 18.7 Å². The van der Waals surface area contributed by atoms with Crippen molar-refractivity contribution in [2.45, 2.75) is 33.4 Å². The van der Waals surface area contributed by atoms with E-state index in [0.717, 1.165) is 17.0 Å². The quantitative estimate of drug-likeness (QED) is 0.868. The summed E-state index contributed by atoms with van der Waals surface area (Å²) in [6.07, 6.45) is 0. The minimum absolute atomic E-state index is 0.00231. The van der Waals surface area contributed by atoms with Crippen LogP contribution in [-0.4, -0.2) is 42.3 Å². The molecule has 2 atom stereocenters. The molecule has 2 unspecified atom stereocenters. The average molecular weight is 267 g/mol. The van der Waals surface area contributed by atoms with Crippen molar-refractivity contribution in [1.29, 1.82) is 0 Å². The van der Waals surface area contributed by atoms with Gasteiger partial charge in [-0.15, -0.1) is 0 Å². The first kappa shape index (κ1) is 14.0. The Morgan fingerprint density at radius 1 is 1.58 bits per heavy atom. The molecular formula is C13H21N3O3. The third-order valence-electron chi connectivity index (χ3n) is 3.93. The molecule has 1 saturated heterocycles. The summed E-state index contributed by atoms with van der Waals surface area (Å²) in [5.41, 5.74) is 7.10. The zero-order chi connectivity index (χ0) is 14.2. The Hall–Kier alpha value is -1.40. The first-order chi connectivity index (χ1) is 8.86. The van der Waals surface area contributed by atoms with Crippen LogP contribution in [-0.2, 0) is 16.1 Å². The number of carbonyl (C=O) groups is 1. The van der Waals surface area contributed by atoms with Crippen molar-refractivity contribution >= 4 is 5.91 Å². The Labute approximate surface area is 112 Å². The van der Waals surface area contributed by atoms with Crippen LogP contribution in [0, 0.1) is 19.3 Å². The summed E-state index contributed by atoms with van der Waals surface area (Å²) in [6, 6.07) is -0.257. The van der Waals surface area contributed by atoms with Gasteiger partial charge in [-0.3, -0.25) is 4.79 Å². The predicted molar refractivity (Wildman–Crippen MR) is 69.4 cm³/mol. The second kappa shape index (κ2) is 4.94. The lowest BCUT2D eigenvalue weighted by atomic mass is 9.84. The van der Waals surface area contributed by atoms with Gasteiger partial charge >= 0.3 is 0 Å². The number of nitrogens with two attached hydrogens (primary N) is 1. The first-order valence-electron chi connectivity index (χ1n) is 6.37. The molecule has 1 fully saturated rings. The van der Waals surface area contributed by atoms with Crippen LogP contribution in [0.4, 0.5) is 0 Å². The molecule has 0 saturated carbocycles. The van der Waals surface area contributed by atoms with Gasteiger partial charge in [-0.2, -0.15) is 0 Å². The average Bonchev–Trinajstić information content (AvgIpc) is 2.86. The highest BCUT2D eigenvalue weighted by atomic mass is 16.5. The van der Waals surface area contributed by atoms with Crippen molar-refractivity contribution in [1.82, 2.24) is 10.1 Å². The molecule has 0 spiro atoms. The van der Waals surface area contributed by atoms with Gasteiger partial charge in [-0.25, -0.2) is 0 Å². The molecule has 6 heteroatoms. The standard InChI is InChI=1S/C13H21N3O3/c1-8-10(9(2)19-15-8)5-16(4)12(17)13(3)7-18-6-11(13)14/h11H,5-7,14H2,1-4H3. The molecule has 6 nitrogen and oxygen atoms in total. The molecule has 0 aromatic carbocycles. The summed E-state index contributed by atoms with van der Waals surface area (Å²) in [7, 11) is 1.77. The first-order valence-corrected chi connectivity index (χ1v) is 6.37. The number of aryl methyl sites for hydroxylation is 2. The van der Waals surface area contributed by atoms with Gasteiger partial charge in [0.2, 0.25) is 5.91 Å². The fraction of sp³-hybridized carbons (Fsp3) is 0.692. The largest absolute Gasteiger partial charge is 0.379 e. The zero-order valence-electron chi connectivity index (χ0n) is 11.9. The Morgan fingerprint density at radius 2 is 2.26 bits per heavy atom. The van der Waals surface area contributed by atoms with Crippen LogP contribution in [0.15, 0.2) is 4.52 Å². The van der Waals surface area contributed by atoms with E-state index in [1.165, 1.54) is 0 Å². The van der Waals surface area contributed by atoms with Crippen molar-refractivity contribution in [3.05, 3.63) is 17.0 Å². The third kappa shape index (κ3) is 2.37. The van der Waals surface area contributed by atoms with Gasteiger partial charge in [-0.1, -0.05) is 5.16 Å². The number of rotatable bonds is 3. The number of amides is 1. The zero-order valence-corrected chi connectivity index (χ0v) is 11.9. The smallest absolute Gasteiger partial charge is 0.232 e. The van der Waals surface area contributed by atoms with E-state index in [9.17, 15) is 4.79 Å². The highest BCUT2D eigenvalue weighted by Crippen LogP contribution is 2.30. The number of ether oxygens (including phenoxy) is 1. The van der Waals surface area contributed by atoms with E-state index in [1.807, 2.05) is 20.8 Å². The number of hydrogen-bond acceptors (Lipinski definition) is 5. The molecule has 2 heterocycles. The lowest BCUT2D eigenvalue weighted by molar-refractivity contribution is -0.141. The van der Waals surface area contributed by atoms with Crippen molar-refractivity contribution in [3.8, 4) is 0 Å². The van der Waals surface area contributed by atoms with Crippen LogP contribution < -0.4 is 5.73 Å². The van der Waals surface area contributed by atoms with Crippen LogP contribution in [0.2, 0.25) is 0 Å². The molecule has 0 radical (unpaired) electrons. The van der Waals surface area contributed by atoms with Gasteiger partial charge in [0.05, 0.1) is 30.9 Å². The molecule has 2 N–H and O–H groups in total. The van der Waals surface area contributed by atoms with Crippen LogP contribution in [0.5, 0.6) is 0 Å². The molecular weight excluding hydrogens is 246 g/mol. The van der Waals surface area contributed by atoms with Gasteiger partial charge in [0.1, 0.15) is 5.76 Å². The molecule has 0 aliphatic carbocycles. The van der Waals surface area contributed by atoms with Crippen LogP contribution in [0.1, 0.15) is 23.9 Å². The minimum Gasteiger partial charge on any atom is -0.379 e. The molecule has 1 aliphatic heterocycles. The summed E-state index contributed by atoms with van der Waals surface area (Å²) in [4.78, 5) is 14.2. The Kier molecular flexibility index (Phi) is 3.64. The molecule has 1 aromatic heterocycles. The van der Waals surface area contributed by atoms with E-state index >= 15 is 0 Å². The number of carbonyl (C=O) groups excluding carboxylic acids is 1. The fourth-order valence-corrected chi connectivity index (χ4v) is 2.38. The van der Waals surface area contributed by atoms with Gasteiger partial charge < -0.3 is 19.9 Å². The monoisotopic (exact) mass is 267 g/mol. The van der Waals surface area contributed by atoms with Crippen LogP contribution in [0.3, 0.4) is 0 Å². The van der Waals surface area contributed by atoms with E-state index in [4.69, 9.17) is 15.0 Å². The lowest BCUT2D eigenvalue weighted by Crippen LogP contribution is -2.50. The fourth-order valence-electron chi connectivity index (χ4n) is 2.38. The molecule has 0 bridgehead atoms. The van der Waals surface area contributed by atoms with E-state index in [1.54, 1.807) is 11.9 Å². The van der Waals surface area contributed by atoms with Crippen molar-refractivity contribution in [2.24, 2.45) is 11.1 Å². The van der Waals surface area contributed by atoms with Gasteiger partial charge in [-0.05, 0) is 20.8 Å². The Bertz CT molecular complexity index is 466. The topological polar surface area (TPSA) is 81.6 Å². The Morgan fingerprint density at radius 3 is 2.74 bits per heavy atom. The van der Waals surface area contributed by atoms with Gasteiger partial charge in [0.15, 0.2) is 0 Å². The van der Waals surface area contributed by atoms with E-state index in [0.29, 0.717) is 19.8 Å². The summed E-state index contributed by atoms with van der Waals surface area (Å²) in [5.74, 6) is 0.742. The summed E-state index contributed by atoms with van der Waals surface area (Å²) < 4.78 is 10.4. The maximum absolute atomic E-state index is 12.5. The van der Waals surface area contributed by atoms with Crippen LogP contribution >= 0.6 is 0 Å². The van der Waals surface area contributed by atoms with Crippen molar-refractivity contribution in [3.63, 3.8) is 0 Å². The number of hydrogen-bond donors (Lipinski definition) is 1. The van der Waals surface area contributed by atoms with Crippen LogP contribution in [0.25, 0.3) is 0 Å². The summed E-state index contributed by atoms with van der Waals surface area (Å²) in [5, 5.41) is 3.90. The highest BCUT2D eigenvalue weighted by Gasteiger charge is 2.45. The molecule has 1 amide bonds. The highest BCUT2D eigenvalue weighted by molar-refractivity contribution is 5.83. The predicted octanol–water partition coefficient (Wildman–Crippen LogP) is 0.614. The lowest BCUT2D eigenvalue weighted by Gasteiger charge is -2.30. The SMILES string of the molecule is Cc1noc(C)c1CN(C)C(=O)C1(C)COCC1N. The third-order valence-corrected chi connectivity index (χ3v) is 3.93. The number of nitrogens with zero attached hydrogens (tertiary/aromatic N) is 2. The van der Waals surface area contributed by atoms with Crippen molar-refractivity contribution in [2.75, 3.05) is 20.3 Å². The second-order valence-corrected chi connectivity index (χ2v) is 5.50. The second-order valence-electron chi connectivity index (χ2n) is 5.50. The van der Waals surface area contributed by atoms with Crippen molar-refractivity contribution < 1.29 is 14.1 Å². The molecule has 1 aromatic rings. The summed E-state index contributed by atoms with van der Waals surface area (Å²) >= 11 is 0. The molecule has 19 heavy (non-hydrogen) atoms. The van der Waals surface area contributed by atoms with Gasteiger partial charge in [0.25, 0.3) is 0 Å². The minimum atomic E-state index is -0.645. The molecule has 1 aliphatic rings.